The molecule has 6 nitrogen and oxygen atoms in total. The van der Waals surface area contributed by atoms with Gasteiger partial charge in [-0.05, 0) is 123 Å². The Morgan fingerprint density at radius 1 is 1.15 bits per heavy atom. The highest BCUT2D eigenvalue weighted by Crippen LogP contribution is 2.58. The lowest BCUT2D eigenvalue weighted by atomic mass is 9.58. The molecule has 1 N–H and O–H groups in total. The normalized spacial score (nSPS) is 25.9. The predicted molar refractivity (Wildman–Crippen MR) is 203 cm³/mol. The fourth-order valence-corrected chi connectivity index (χ4v) is 12.8. The number of hydrogen-bond acceptors (Lipinski definition) is 7. The molecule has 4 aliphatic rings. The van der Waals surface area contributed by atoms with Crippen LogP contribution in [0.15, 0.2) is 48.6 Å². The smallest absolute Gasteiger partial charge is 0.264 e. The molecule has 48 heavy (non-hydrogen) atoms. The molecule has 0 bridgehead atoms. The number of thioether (sulfide) groups is 2. The molecule has 0 radical (unpaired) electrons. The number of anilines is 1. The highest BCUT2D eigenvalue weighted by molar-refractivity contribution is 8.17. The average Bonchev–Trinajstić information content (AvgIpc) is 3.21. The van der Waals surface area contributed by atoms with E-state index in [1.54, 1.807) is 6.07 Å². The first-order chi connectivity index (χ1) is 23.0. The zero-order valence-corrected chi connectivity index (χ0v) is 32.0. The fraction of sp³-hybridized carbons (Fsp3) is 0.605. The molecule has 1 amide bonds. The Kier molecular flexibility index (Phi) is 11.1. The number of halogens is 1. The number of sulfonamides is 1. The minimum absolute atomic E-state index is 0.121. The minimum Gasteiger partial charge on any atom is -0.490 e. The van der Waals surface area contributed by atoms with E-state index in [4.69, 9.17) is 16.3 Å². The van der Waals surface area contributed by atoms with E-state index in [2.05, 4.69) is 78.2 Å². The minimum atomic E-state index is -3.70. The van der Waals surface area contributed by atoms with Gasteiger partial charge in [-0.2, -0.15) is 0 Å². The zero-order valence-electron chi connectivity index (χ0n) is 28.8. The van der Waals surface area contributed by atoms with Crippen LogP contribution in [0.25, 0.3) is 0 Å². The highest BCUT2D eigenvalue weighted by atomic mass is 35.5. The lowest BCUT2D eigenvalue weighted by Gasteiger charge is -2.54. The van der Waals surface area contributed by atoms with E-state index in [1.807, 2.05) is 18.2 Å². The first-order valence-corrected chi connectivity index (χ1v) is 21.9. The number of rotatable bonds is 10. The monoisotopic (exact) mass is 730 g/mol. The molecule has 2 aromatic rings. The van der Waals surface area contributed by atoms with Crippen LogP contribution >= 0.6 is 35.1 Å². The van der Waals surface area contributed by atoms with Crippen molar-refractivity contribution in [3.05, 3.63) is 70.3 Å². The number of nitrogens with zero attached hydrogens (tertiary/aromatic N) is 1. The second-order valence-corrected chi connectivity index (χ2v) is 19.7. The van der Waals surface area contributed by atoms with Crippen molar-refractivity contribution in [1.29, 1.82) is 0 Å². The molecule has 1 saturated carbocycles. The molecule has 2 fully saturated rings. The molecule has 2 aromatic carbocycles. The van der Waals surface area contributed by atoms with E-state index in [9.17, 15) is 13.2 Å². The van der Waals surface area contributed by atoms with Crippen molar-refractivity contribution >= 4 is 56.7 Å². The molecule has 2 aliphatic carbocycles. The number of amides is 1. The third-order valence-corrected chi connectivity index (χ3v) is 16.0. The van der Waals surface area contributed by atoms with Gasteiger partial charge in [0.1, 0.15) is 5.75 Å². The second kappa shape index (κ2) is 14.8. The maximum absolute atomic E-state index is 13.2. The topological polar surface area (TPSA) is 75.7 Å². The number of benzene rings is 2. The third kappa shape index (κ3) is 7.31. The van der Waals surface area contributed by atoms with E-state index in [0.29, 0.717) is 34.5 Å². The van der Waals surface area contributed by atoms with Gasteiger partial charge >= 0.3 is 0 Å². The molecule has 4 atom stereocenters. The van der Waals surface area contributed by atoms with Crippen LogP contribution in [-0.4, -0.2) is 55.9 Å². The molecule has 6 rings (SSSR count). The summed E-state index contributed by atoms with van der Waals surface area (Å²) < 4.78 is 34.1. The summed E-state index contributed by atoms with van der Waals surface area (Å²) >= 11 is 10.8. The fourth-order valence-electron chi connectivity index (χ4n) is 8.40. The predicted octanol–water partition coefficient (Wildman–Crippen LogP) is 8.72. The molecule has 0 unspecified atom stereocenters. The van der Waals surface area contributed by atoms with Crippen molar-refractivity contribution in [2.45, 2.75) is 82.6 Å². The average molecular weight is 731 g/mol. The van der Waals surface area contributed by atoms with Crippen LogP contribution in [0.3, 0.4) is 0 Å². The van der Waals surface area contributed by atoms with Crippen molar-refractivity contribution in [3.63, 3.8) is 0 Å². The molecular formula is C38H51ClN2O4S3. The first kappa shape index (κ1) is 36.0. The number of aryl methyl sites for hydroxylation is 1. The van der Waals surface area contributed by atoms with Crippen LogP contribution in [0, 0.1) is 23.2 Å². The summed E-state index contributed by atoms with van der Waals surface area (Å²) in [6, 6.07) is 11.7. The summed E-state index contributed by atoms with van der Waals surface area (Å²) in [6.07, 6.45) is 12.9. The maximum atomic E-state index is 13.2. The molecule has 1 saturated heterocycles. The summed E-state index contributed by atoms with van der Waals surface area (Å²) in [7, 11) is -3.70. The van der Waals surface area contributed by atoms with Gasteiger partial charge in [-0.25, -0.2) is 13.1 Å². The summed E-state index contributed by atoms with van der Waals surface area (Å²) in [5, 5.41) is 0.763. The van der Waals surface area contributed by atoms with Gasteiger partial charge in [0.15, 0.2) is 0 Å². The standard InChI is InChI=1S/C38H51ClN2O4S3/c1-5-38(18-16-26(3)4,36-46-19-8-20-47-36)32-13-10-29(32)23-41-24-37(17-7-9-27-21-30(39)12-14-31(27)37)25-45-34-15-11-28(22-33(34)41)35(42)40-48(43,44)6-2/h11-12,14-16,18,21-22,26,29,32,36H,5-10,13,17,19-20,23-25H2,1-4H3,(H,40,42)/b18-16+/t29-,32+,37-,38-/m0/s1. The first-order valence-electron chi connectivity index (χ1n) is 17.8. The number of nitrogens with one attached hydrogen (secondary N) is 1. The lowest BCUT2D eigenvalue weighted by molar-refractivity contribution is 0.0619. The van der Waals surface area contributed by atoms with Gasteiger partial charge in [0.25, 0.3) is 5.91 Å². The van der Waals surface area contributed by atoms with Gasteiger partial charge in [-0.15, -0.1) is 23.5 Å². The van der Waals surface area contributed by atoms with Crippen molar-refractivity contribution in [1.82, 2.24) is 4.72 Å². The number of carbonyl (C=O) groups is 1. The van der Waals surface area contributed by atoms with Crippen molar-refractivity contribution < 1.29 is 17.9 Å². The molecule has 10 heteroatoms. The molecular weight excluding hydrogens is 680 g/mol. The molecule has 0 aromatic heterocycles. The Balaban J connectivity index is 1.39. The molecule has 262 valence electrons. The van der Waals surface area contributed by atoms with Crippen molar-refractivity contribution in [3.8, 4) is 5.75 Å². The van der Waals surface area contributed by atoms with E-state index in [1.165, 1.54) is 48.8 Å². The Bertz CT molecular complexity index is 1630. The van der Waals surface area contributed by atoms with E-state index in [-0.39, 0.29) is 16.6 Å². The van der Waals surface area contributed by atoms with Crippen LogP contribution in [0.4, 0.5) is 5.69 Å². The molecule has 2 aliphatic heterocycles. The molecule has 1 spiro atoms. The van der Waals surface area contributed by atoms with Crippen LogP contribution in [0.5, 0.6) is 5.75 Å². The Morgan fingerprint density at radius 3 is 2.62 bits per heavy atom. The third-order valence-electron chi connectivity index (χ3n) is 11.2. The number of carbonyl (C=O) groups excluding carboxylic acids is 1. The SMILES string of the molecule is CC[C@@](/C=C/C(C)C)(C1SCCCS1)[C@@H]1CC[C@H]1CN1C[C@@]2(CCCc3cc(Cl)ccc32)COc2ccc(C(=O)NS(=O)(=O)CC)cc21. The lowest BCUT2D eigenvalue weighted by Crippen LogP contribution is -2.52. The number of ether oxygens (including phenoxy) is 1. The second-order valence-electron chi connectivity index (χ2n) is 14.6. The van der Waals surface area contributed by atoms with Crippen LogP contribution in [0.2, 0.25) is 5.02 Å². The quantitative estimate of drug-likeness (QED) is 0.245. The van der Waals surface area contributed by atoms with Gasteiger partial charge in [0, 0.05) is 34.5 Å². The zero-order chi connectivity index (χ0) is 34.1. The van der Waals surface area contributed by atoms with E-state index >= 15 is 0 Å². The number of allylic oxidation sites excluding steroid dienone is 2. The number of hydrogen-bond donors (Lipinski definition) is 1. The van der Waals surface area contributed by atoms with E-state index in [0.717, 1.165) is 55.2 Å². The van der Waals surface area contributed by atoms with Crippen LogP contribution < -0.4 is 14.4 Å². The Labute approximate surface area is 301 Å². The largest absolute Gasteiger partial charge is 0.490 e. The van der Waals surface area contributed by atoms with E-state index < -0.39 is 15.9 Å². The number of fused-ring (bicyclic) bond motifs is 3. The van der Waals surface area contributed by atoms with Crippen molar-refractivity contribution in [2.75, 3.05) is 41.9 Å². The maximum Gasteiger partial charge on any atom is 0.264 e. The highest BCUT2D eigenvalue weighted by Gasteiger charge is 2.51. The molecule has 2 heterocycles. The summed E-state index contributed by atoms with van der Waals surface area (Å²) in [4.78, 5) is 15.7. The van der Waals surface area contributed by atoms with Gasteiger partial charge < -0.3 is 9.64 Å². The Morgan fingerprint density at radius 2 is 1.94 bits per heavy atom. The van der Waals surface area contributed by atoms with Gasteiger partial charge in [0.2, 0.25) is 10.0 Å². The summed E-state index contributed by atoms with van der Waals surface area (Å²) in [5.74, 6) is 3.99. The van der Waals surface area contributed by atoms with Gasteiger partial charge in [-0.3, -0.25) is 4.79 Å². The Hall–Kier alpha value is -1.81. The van der Waals surface area contributed by atoms with Crippen LogP contribution in [-0.2, 0) is 21.9 Å². The summed E-state index contributed by atoms with van der Waals surface area (Å²) in [5.41, 5.74) is 3.71. The van der Waals surface area contributed by atoms with Gasteiger partial charge in [-0.1, -0.05) is 50.6 Å². The summed E-state index contributed by atoms with van der Waals surface area (Å²) in [6.45, 7) is 10.6. The van der Waals surface area contributed by atoms with Crippen LogP contribution in [0.1, 0.15) is 87.7 Å². The van der Waals surface area contributed by atoms with Gasteiger partial charge in [0.05, 0.1) is 22.6 Å². The van der Waals surface area contributed by atoms with Crippen molar-refractivity contribution in [2.24, 2.45) is 23.2 Å².